The van der Waals surface area contributed by atoms with E-state index in [4.69, 9.17) is 4.74 Å². The highest BCUT2D eigenvalue weighted by atomic mass is 32.1. The second-order valence-corrected chi connectivity index (χ2v) is 10.3. The van der Waals surface area contributed by atoms with Crippen LogP contribution in [0, 0.1) is 5.92 Å². The van der Waals surface area contributed by atoms with E-state index in [1.54, 1.807) is 13.1 Å². The van der Waals surface area contributed by atoms with Gasteiger partial charge in [-0.1, -0.05) is 55.5 Å². The molecule has 1 atom stereocenters. The summed E-state index contributed by atoms with van der Waals surface area (Å²) in [6, 6.07) is 18.0. The van der Waals surface area contributed by atoms with Crippen LogP contribution in [-0.4, -0.2) is 30.6 Å². The quantitative estimate of drug-likeness (QED) is 0.122. The first-order chi connectivity index (χ1) is 18.0. The molecule has 0 aliphatic heterocycles. The van der Waals surface area contributed by atoms with Gasteiger partial charge in [-0.15, -0.1) is 11.3 Å². The van der Waals surface area contributed by atoms with E-state index in [0.717, 1.165) is 56.8 Å². The molecule has 188 valence electrons. The van der Waals surface area contributed by atoms with E-state index in [-0.39, 0.29) is 6.61 Å². The molecule has 1 heterocycles. The topological polar surface area (TPSA) is 96.9 Å². The number of hydrogen-bond acceptors (Lipinski definition) is 6. The van der Waals surface area contributed by atoms with Gasteiger partial charge in [0.15, 0.2) is 0 Å². The van der Waals surface area contributed by atoms with Crippen LogP contribution in [-0.2, 0) is 27.2 Å². The van der Waals surface area contributed by atoms with Crippen molar-refractivity contribution in [2.45, 2.75) is 33.1 Å². The van der Waals surface area contributed by atoms with Crippen molar-refractivity contribution in [3.8, 4) is 0 Å². The Kier molecular flexibility index (Phi) is 7.01. The van der Waals surface area contributed by atoms with E-state index in [1.165, 1.54) is 11.3 Å². The predicted octanol–water partition coefficient (Wildman–Crippen LogP) is 5.44. The minimum Gasteiger partial charge on any atom is -0.462 e. The van der Waals surface area contributed by atoms with Crippen LogP contribution in [0.3, 0.4) is 0 Å². The Bertz CT molecular complexity index is 1500. The molecule has 1 aliphatic rings. The number of ether oxygens (including phenoxy) is 1. The van der Waals surface area contributed by atoms with E-state index < -0.39 is 17.8 Å². The lowest BCUT2D eigenvalue weighted by Crippen LogP contribution is -2.32. The van der Waals surface area contributed by atoms with Gasteiger partial charge in [0.2, 0.25) is 0 Å². The van der Waals surface area contributed by atoms with Crippen LogP contribution in [0.1, 0.15) is 46.6 Å². The summed E-state index contributed by atoms with van der Waals surface area (Å²) in [5, 5.41) is 11.1. The number of hydrogen-bond donors (Lipinski definition) is 2. The van der Waals surface area contributed by atoms with Crippen molar-refractivity contribution in [1.82, 2.24) is 5.43 Å². The molecule has 0 spiro atoms. The van der Waals surface area contributed by atoms with Gasteiger partial charge in [-0.05, 0) is 65.3 Å². The molecule has 0 fully saturated rings. The summed E-state index contributed by atoms with van der Waals surface area (Å²) >= 11 is 1.34. The third-order valence-corrected chi connectivity index (χ3v) is 7.77. The Hall–Kier alpha value is -4.04. The Balaban J connectivity index is 1.36. The molecule has 2 N–H and O–H groups in total. The number of fused-ring (bicyclic) bond motifs is 3. The van der Waals surface area contributed by atoms with Crippen molar-refractivity contribution in [2.24, 2.45) is 11.0 Å². The van der Waals surface area contributed by atoms with E-state index >= 15 is 0 Å². The second-order valence-electron chi connectivity index (χ2n) is 9.16. The molecule has 4 aromatic rings. The van der Waals surface area contributed by atoms with Gasteiger partial charge in [-0.25, -0.2) is 10.2 Å². The Labute approximate surface area is 218 Å². The summed E-state index contributed by atoms with van der Waals surface area (Å²) in [6.07, 6.45) is 4.09. The maximum absolute atomic E-state index is 12.7. The van der Waals surface area contributed by atoms with Crippen LogP contribution in [0.4, 0.5) is 5.00 Å². The van der Waals surface area contributed by atoms with Crippen molar-refractivity contribution < 1.29 is 19.1 Å². The summed E-state index contributed by atoms with van der Waals surface area (Å²) in [6.45, 7) is 4.13. The van der Waals surface area contributed by atoms with E-state index in [2.05, 4.69) is 28.8 Å². The zero-order valence-corrected chi connectivity index (χ0v) is 21.5. The SMILES string of the molecule is CCOC(=O)c1c(NC(=O)C(=O)N/N=C/c2c3ccccc3cc3ccccc23)sc2c1CCC(C)C2. The first-order valence-electron chi connectivity index (χ1n) is 12.3. The number of amides is 2. The van der Waals surface area contributed by atoms with Crippen molar-refractivity contribution in [2.75, 3.05) is 11.9 Å². The van der Waals surface area contributed by atoms with Crippen LogP contribution in [0.15, 0.2) is 59.7 Å². The molecule has 0 bridgehead atoms. The van der Waals surface area contributed by atoms with Gasteiger partial charge in [0.05, 0.1) is 18.4 Å². The maximum Gasteiger partial charge on any atom is 0.341 e. The normalized spacial score (nSPS) is 15.0. The fourth-order valence-electron chi connectivity index (χ4n) is 4.81. The Morgan fingerprint density at radius 2 is 1.73 bits per heavy atom. The number of thiophene rings is 1. The fourth-order valence-corrected chi connectivity index (χ4v) is 6.21. The van der Waals surface area contributed by atoms with Gasteiger partial charge in [0, 0.05) is 10.4 Å². The Morgan fingerprint density at radius 1 is 1.05 bits per heavy atom. The molecular weight excluding hydrogens is 486 g/mol. The highest BCUT2D eigenvalue weighted by molar-refractivity contribution is 7.17. The number of nitrogens with zero attached hydrogens (tertiary/aromatic N) is 1. The minimum atomic E-state index is -0.921. The molecule has 1 aliphatic carbocycles. The standard InChI is InChI=1S/C29H27N3O4S/c1-3-36-29(35)25-22-13-12-17(2)14-24(22)37-28(25)31-26(33)27(34)32-30-16-23-20-10-6-4-8-18(20)15-19-9-5-7-11-21(19)23/h4-11,15-17H,3,12-14H2,1-2H3,(H,31,33)(H,32,34)/b30-16+. The largest absolute Gasteiger partial charge is 0.462 e. The lowest BCUT2D eigenvalue weighted by Gasteiger charge is -2.18. The maximum atomic E-state index is 12.7. The smallest absolute Gasteiger partial charge is 0.341 e. The summed E-state index contributed by atoms with van der Waals surface area (Å²) < 4.78 is 5.24. The van der Waals surface area contributed by atoms with Crippen LogP contribution in [0.5, 0.6) is 0 Å². The summed E-state index contributed by atoms with van der Waals surface area (Å²) in [7, 11) is 0. The molecule has 0 radical (unpaired) electrons. The van der Waals surface area contributed by atoms with Gasteiger partial charge in [-0.2, -0.15) is 5.10 Å². The van der Waals surface area contributed by atoms with Crippen LogP contribution in [0.2, 0.25) is 0 Å². The van der Waals surface area contributed by atoms with Gasteiger partial charge < -0.3 is 10.1 Å². The summed E-state index contributed by atoms with van der Waals surface area (Å²) in [4.78, 5) is 39.1. The third kappa shape index (κ3) is 4.97. The summed E-state index contributed by atoms with van der Waals surface area (Å²) in [5.41, 5.74) is 4.45. The van der Waals surface area contributed by atoms with Crippen LogP contribution >= 0.6 is 11.3 Å². The monoisotopic (exact) mass is 513 g/mol. The van der Waals surface area contributed by atoms with Gasteiger partial charge in [0.1, 0.15) is 5.00 Å². The average Bonchev–Trinajstić information content (AvgIpc) is 3.25. The molecule has 7 nitrogen and oxygen atoms in total. The number of nitrogens with one attached hydrogen (secondary N) is 2. The molecule has 1 aromatic heterocycles. The lowest BCUT2D eigenvalue weighted by atomic mass is 9.88. The predicted molar refractivity (Wildman–Crippen MR) is 147 cm³/mol. The highest BCUT2D eigenvalue weighted by Gasteiger charge is 2.30. The van der Waals surface area contributed by atoms with E-state index in [9.17, 15) is 14.4 Å². The summed E-state index contributed by atoms with van der Waals surface area (Å²) in [5.74, 6) is -1.80. The first kappa shape index (κ1) is 24.6. The van der Waals surface area contributed by atoms with Crippen molar-refractivity contribution >= 4 is 61.9 Å². The molecular formula is C29H27N3O4S. The molecule has 5 rings (SSSR count). The number of rotatable bonds is 5. The van der Waals surface area contributed by atoms with Crippen molar-refractivity contribution in [3.63, 3.8) is 0 Å². The van der Waals surface area contributed by atoms with E-state index in [1.807, 2.05) is 48.5 Å². The average molecular weight is 514 g/mol. The number of carbonyl (C=O) groups excluding carboxylic acids is 3. The molecule has 2 amide bonds. The molecule has 37 heavy (non-hydrogen) atoms. The number of benzene rings is 3. The molecule has 8 heteroatoms. The van der Waals surface area contributed by atoms with Crippen LogP contribution in [0.25, 0.3) is 21.5 Å². The lowest BCUT2D eigenvalue weighted by molar-refractivity contribution is -0.136. The molecule has 0 saturated carbocycles. The van der Waals surface area contributed by atoms with Gasteiger partial charge in [-0.3, -0.25) is 9.59 Å². The molecule has 1 unspecified atom stereocenters. The number of hydrazone groups is 1. The minimum absolute atomic E-state index is 0.227. The zero-order chi connectivity index (χ0) is 25.9. The number of anilines is 1. The van der Waals surface area contributed by atoms with E-state index in [0.29, 0.717) is 16.5 Å². The third-order valence-electron chi connectivity index (χ3n) is 6.60. The van der Waals surface area contributed by atoms with Crippen LogP contribution < -0.4 is 10.7 Å². The molecule has 0 saturated heterocycles. The van der Waals surface area contributed by atoms with Crippen molar-refractivity contribution in [3.05, 3.63) is 76.2 Å². The van der Waals surface area contributed by atoms with Gasteiger partial charge >= 0.3 is 17.8 Å². The molecule has 3 aromatic carbocycles. The second kappa shape index (κ2) is 10.5. The first-order valence-corrected chi connectivity index (χ1v) is 13.1. The number of carbonyl (C=O) groups is 3. The fraction of sp³-hybridized carbons (Fsp3) is 0.241. The number of esters is 1. The van der Waals surface area contributed by atoms with Crippen molar-refractivity contribution in [1.29, 1.82) is 0 Å². The Morgan fingerprint density at radius 3 is 2.41 bits per heavy atom. The zero-order valence-electron chi connectivity index (χ0n) is 20.7. The van der Waals surface area contributed by atoms with Gasteiger partial charge in [0.25, 0.3) is 0 Å². The highest BCUT2D eigenvalue weighted by Crippen LogP contribution is 2.40.